The van der Waals surface area contributed by atoms with Crippen molar-refractivity contribution in [3.63, 3.8) is 0 Å². The molecule has 0 aliphatic carbocycles. The van der Waals surface area contributed by atoms with E-state index < -0.39 is 15.0 Å². The van der Waals surface area contributed by atoms with Crippen LogP contribution in [0.1, 0.15) is 6.42 Å². The molecule has 0 rings (SSSR count). The Morgan fingerprint density at radius 3 is 2.35 bits per heavy atom. The van der Waals surface area contributed by atoms with Crippen molar-refractivity contribution in [3.05, 3.63) is 12.8 Å². The molecule has 8 heteroatoms. The van der Waals surface area contributed by atoms with Crippen LogP contribution in [0, 0.1) is 0 Å². The summed E-state index contributed by atoms with van der Waals surface area (Å²) in [5.41, 5.74) is 0. The summed E-state index contributed by atoms with van der Waals surface area (Å²) in [7, 11) is 2.17. The fourth-order valence-electron chi connectivity index (χ4n) is 1.08. The van der Waals surface area contributed by atoms with Gasteiger partial charge in [-0.1, -0.05) is 6.58 Å². The molecule has 0 atom stereocenters. The van der Waals surface area contributed by atoms with Gasteiger partial charge in [0, 0.05) is 33.1 Å². The molecular formula is C9H18O6SSi. The Morgan fingerprint density at radius 1 is 1.29 bits per heavy atom. The number of ether oxygens (including phenoxy) is 1. The van der Waals surface area contributed by atoms with Gasteiger partial charge in [-0.25, -0.2) is 4.79 Å². The van der Waals surface area contributed by atoms with Crippen molar-refractivity contribution in [3.8, 4) is 0 Å². The van der Waals surface area contributed by atoms with Crippen LogP contribution in [0.25, 0.3) is 0 Å². The van der Waals surface area contributed by atoms with Crippen molar-refractivity contribution in [2.24, 2.45) is 0 Å². The van der Waals surface area contributed by atoms with Crippen LogP contribution < -0.4 is 0 Å². The lowest BCUT2D eigenvalue weighted by Crippen LogP contribution is -2.42. The van der Waals surface area contributed by atoms with Crippen LogP contribution in [-0.4, -0.2) is 42.0 Å². The molecule has 0 heterocycles. The summed E-state index contributed by atoms with van der Waals surface area (Å²) in [4.78, 5) is 10.8. The van der Waals surface area contributed by atoms with E-state index in [-0.39, 0.29) is 0 Å². The minimum absolute atomic E-state index is 0.608. The van der Waals surface area contributed by atoms with Gasteiger partial charge in [0.2, 0.25) is 0 Å². The van der Waals surface area contributed by atoms with Crippen LogP contribution in [0.15, 0.2) is 12.8 Å². The average Bonchev–Trinajstić information content (AvgIpc) is 2.35. The Hall–Kier alpha value is -0.543. The summed E-state index contributed by atoms with van der Waals surface area (Å²) in [6.45, 7) is 3.23. The largest absolute Gasteiger partial charge is 0.525 e. The molecule has 0 aromatic carbocycles. The van der Waals surface area contributed by atoms with Crippen molar-refractivity contribution < 1.29 is 27.0 Å². The van der Waals surface area contributed by atoms with Gasteiger partial charge in [-0.15, -0.1) is 0 Å². The molecule has 0 amide bonds. The normalized spacial score (nSPS) is 11.0. The lowest BCUT2D eigenvalue weighted by atomic mass is 10.6. The van der Waals surface area contributed by atoms with Crippen LogP contribution in [0.4, 0.5) is 4.79 Å². The van der Waals surface area contributed by atoms with Gasteiger partial charge in [-0.2, -0.15) is 0 Å². The van der Waals surface area contributed by atoms with Crippen LogP contribution in [0.3, 0.4) is 0 Å². The topological polar surface area (TPSA) is 63.2 Å². The number of rotatable bonds is 9. The summed E-state index contributed by atoms with van der Waals surface area (Å²) in [5, 5.41) is 0. The van der Waals surface area contributed by atoms with Gasteiger partial charge in [0.1, 0.15) is 0 Å². The maximum Gasteiger partial charge on any atom is 0.525 e. The predicted octanol–water partition coefficient (Wildman–Crippen LogP) is 2.20. The van der Waals surface area contributed by atoms with E-state index in [0.29, 0.717) is 11.8 Å². The molecule has 0 N–H and O–H groups in total. The highest BCUT2D eigenvalue weighted by Gasteiger charge is 2.36. The molecule has 0 spiro atoms. The van der Waals surface area contributed by atoms with E-state index in [4.69, 9.17) is 13.3 Å². The fraction of sp³-hybridized carbons (Fsp3) is 0.667. The quantitative estimate of drug-likeness (QED) is 0.211. The van der Waals surface area contributed by atoms with Crippen molar-refractivity contribution >= 4 is 27.0 Å². The van der Waals surface area contributed by atoms with E-state index in [1.54, 1.807) is 21.3 Å². The van der Waals surface area contributed by atoms with Gasteiger partial charge >= 0.3 is 15.0 Å². The highest BCUT2D eigenvalue weighted by atomic mass is 32.2. The maximum absolute atomic E-state index is 10.8. The molecule has 0 aliphatic heterocycles. The number of carbonyl (C=O) groups excluding carboxylic acids is 1. The van der Waals surface area contributed by atoms with Crippen molar-refractivity contribution in [1.82, 2.24) is 0 Å². The summed E-state index contributed by atoms with van der Waals surface area (Å²) < 4.78 is 24.8. The summed E-state index contributed by atoms with van der Waals surface area (Å²) in [6.07, 6.45) is 0.980. The molecular weight excluding hydrogens is 264 g/mol. The zero-order valence-corrected chi connectivity index (χ0v) is 12.1. The molecule has 6 nitrogen and oxygen atoms in total. The average molecular weight is 282 g/mol. The molecule has 17 heavy (non-hydrogen) atoms. The Morgan fingerprint density at radius 2 is 1.88 bits per heavy atom. The lowest BCUT2D eigenvalue weighted by Gasteiger charge is -2.23. The first-order chi connectivity index (χ1) is 8.14. The first kappa shape index (κ1) is 16.5. The Balaban J connectivity index is 3.69. The molecule has 0 radical (unpaired) electrons. The maximum atomic E-state index is 10.8. The first-order valence-corrected chi connectivity index (χ1v) is 7.74. The number of hydrogen-bond acceptors (Lipinski definition) is 7. The number of hydrogen-bond donors (Lipinski definition) is 0. The Kier molecular flexibility index (Phi) is 9.18. The van der Waals surface area contributed by atoms with Crippen LogP contribution in [-0.2, 0) is 22.2 Å². The highest BCUT2D eigenvalue weighted by Crippen LogP contribution is 2.17. The van der Waals surface area contributed by atoms with E-state index in [2.05, 4.69) is 15.5 Å². The third kappa shape index (κ3) is 6.69. The van der Waals surface area contributed by atoms with E-state index in [9.17, 15) is 4.79 Å². The molecule has 0 bridgehead atoms. The van der Waals surface area contributed by atoms with Gasteiger partial charge in [0.25, 0.3) is 0 Å². The third-order valence-corrected chi connectivity index (χ3v) is 5.49. The van der Waals surface area contributed by atoms with Gasteiger partial charge in [-0.05, 0) is 6.42 Å². The monoisotopic (exact) mass is 282 g/mol. The fourth-order valence-corrected chi connectivity index (χ4v) is 3.54. The van der Waals surface area contributed by atoms with Crippen LogP contribution >= 0.6 is 12.0 Å². The van der Waals surface area contributed by atoms with E-state index >= 15 is 0 Å². The zero-order chi connectivity index (χ0) is 13.1. The van der Waals surface area contributed by atoms with Crippen LogP contribution in [0.2, 0.25) is 6.04 Å². The molecule has 0 aromatic heterocycles. The molecule has 0 aromatic rings. The van der Waals surface area contributed by atoms with Crippen molar-refractivity contribution in [2.45, 2.75) is 12.5 Å². The second kappa shape index (κ2) is 9.48. The minimum Gasteiger partial charge on any atom is -0.403 e. The third-order valence-electron chi connectivity index (χ3n) is 1.95. The van der Waals surface area contributed by atoms with Crippen molar-refractivity contribution in [1.29, 1.82) is 0 Å². The molecule has 0 fully saturated rings. The lowest BCUT2D eigenvalue weighted by molar-refractivity contribution is 0.123. The van der Waals surface area contributed by atoms with E-state index in [1.165, 1.54) is 0 Å². The van der Waals surface area contributed by atoms with E-state index in [0.717, 1.165) is 24.7 Å². The predicted molar refractivity (Wildman–Crippen MR) is 66.4 cm³/mol. The standard InChI is InChI=1S/C9H18O6SSi/c1-5-14-9(10)15-16-7-6-8-17(11-2,12-3)13-4/h5H,1,6-8H2,2-4H3. The second-order valence-electron chi connectivity index (χ2n) is 2.84. The van der Waals surface area contributed by atoms with Gasteiger partial charge in [0.05, 0.1) is 18.3 Å². The Bertz CT molecular complexity index is 225. The SMILES string of the molecule is C=COC(=O)OSCCC[Si](OC)(OC)OC. The summed E-state index contributed by atoms with van der Waals surface area (Å²) in [5.74, 6) is 0.608. The summed E-state index contributed by atoms with van der Waals surface area (Å²) >= 11 is 1.01. The van der Waals surface area contributed by atoms with Gasteiger partial charge in [-0.3, -0.25) is 0 Å². The van der Waals surface area contributed by atoms with E-state index in [1.807, 2.05) is 0 Å². The smallest absolute Gasteiger partial charge is 0.403 e. The molecule has 100 valence electrons. The minimum atomic E-state index is -2.51. The summed E-state index contributed by atoms with van der Waals surface area (Å²) in [6, 6.07) is 0.656. The van der Waals surface area contributed by atoms with Crippen LogP contribution in [0.5, 0.6) is 0 Å². The van der Waals surface area contributed by atoms with Crippen molar-refractivity contribution in [2.75, 3.05) is 27.1 Å². The Labute approximate surface area is 107 Å². The van der Waals surface area contributed by atoms with Gasteiger partial charge in [0.15, 0.2) is 0 Å². The van der Waals surface area contributed by atoms with Gasteiger partial charge < -0.3 is 22.2 Å². The molecule has 0 aliphatic rings. The second-order valence-corrected chi connectivity index (χ2v) is 6.74. The number of carbonyl (C=O) groups is 1. The molecule has 0 unspecified atom stereocenters. The zero-order valence-electron chi connectivity index (χ0n) is 10.3. The highest BCUT2D eigenvalue weighted by molar-refractivity contribution is 7.95. The molecule has 0 saturated heterocycles. The first-order valence-electron chi connectivity index (χ1n) is 4.90. The molecule has 0 saturated carbocycles.